The van der Waals surface area contributed by atoms with E-state index in [1.807, 2.05) is 13.8 Å². The van der Waals surface area contributed by atoms with Gasteiger partial charge < -0.3 is 19.5 Å². The van der Waals surface area contributed by atoms with Crippen molar-refractivity contribution in [1.82, 2.24) is 4.90 Å². The Morgan fingerprint density at radius 1 is 1.42 bits per heavy atom. The van der Waals surface area contributed by atoms with Crippen LogP contribution in [0.1, 0.15) is 32.8 Å². The second kappa shape index (κ2) is 10.5. The van der Waals surface area contributed by atoms with Crippen LogP contribution in [0.2, 0.25) is 0 Å². The predicted octanol–water partition coefficient (Wildman–Crippen LogP) is 3.30. The molecule has 12 nitrogen and oxygen atoms in total. The molecule has 13 heteroatoms. The van der Waals surface area contributed by atoms with Gasteiger partial charge in [-0.05, 0) is 43.5 Å². The number of thioether (sulfide) groups is 1. The summed E-state index contributed by atoms with van der Waals surface area (Å²) in [6.45, 7) is 5.44. The highest BCUT2D eigenvalue weighted by Crippen LogP contribution is 2.53. The van der Waals surface area contributed by atoms with Gasteiger partial charge in [-0.3, -0.25) is 14.9 Å². The zero-order valence-electron chi connectivity index (χ0n) is 20.0. The third-order valence-corrected chi connectivity index (χ3v) is 8.43. The fraction of sp³-hybridized carbons (Fsp3) is 0.565. The first-order chi connectivity index (χ1) is 17.1. The van der Waals surface area contributed by atoms with Crippen LogP contribution in [0.25, 0.3) is 10.4 Å². The number of β-lactam (4-membered cyclic amide) rings is 1. The van der Waals surface area contributed by atoms with E-state index in [4.69, 9.17) is 15.0 Å². The average Bonchev–Trinajstić information content (AvgIpc) is 3.30. The lowest BCUT2D eigenvalue weighted by Crippen LogP contribution is -2.63. The smallest absolute Gasteiger partial charge is 0.356 e. The first-order valence-corrected chi connectivity index (χ1v) is 12.5. The van der Waals surface area contributed by atoms with Crippen LogP contribution in [0.3, 0.4) is 0 Å². The number of benzene rings is 1. The quantitative estimate of drug-likeness (QED) is 0.0989. The van der Waals surface area contributed by atoms with Gasteiger partial charge in [-0.15, -0.1) is 11.8 Å². The summed E-state index contributed by atoms with van der Waals surface area (Å²) in [6, 6.07) is 5.30. The Balaban J connectivity index is 1.58. The van der Waals surface area contributed by atoms with E-state index in [-0.39, 0.29) is 59.9 Å². The molecule has 0 spiro atoms. The first kappa shape index (κ1) is 26.0. The number of esters is 1. The molecule has 3 aliphatic rings. The van der Waals surface area contributed by atoms with Gasteiger partial charge in [-0.1, -0.05) is 12.0 Å². The maximum absolute atomic E-state index is 13.3. The van der Waals surface area contributed by atoms with Crippen LogP contribution in [-0.4, -0.2) is 63.0 Å². The van der Waals surface area contributed by atoms with Crippen LogP contribution in [0.15, 0.2) is 40.0 Å². The molecule has 0 bridgehead atoms. The Morgan fingerprint density at radius 3 is 2.72 bits per heavy atom. The van der Waals surface area contributed by atoms with Crippen molar-refractivity contribution in [3.05, 3.63) is 61.0 Å². The van der Waals surface area contributed by atoms with Crippen molar-refractivity contribution in [2.45, 2.75) is 63.4 Å². The average molecular weight is 518 g/mol. The standard InChI is InChI=1S/C23H27N5O7S/c1-11-8-17(16(35-11)9-25-26-24)36-21-12(2)19-18(13(3)29)22(30)27(19)20(21)23(31)34-10-14-4-6-15(7-5-14)28(32)33/h4-7,11-13,16-19,29H,8-10H2,1-3H3/t11-,12?,13?,16+,17+,18?,19?/m0/s1. The van der Waals surface area contributed by atoms with Crippen molar-refractivity contribution in [3.8, 4) is 0 Å². The number of azide groups is 1. The van der Waals surface area contributed by atoms with E-state index in [0.29, 0.717) is 16.9 Å². The molecule has 1 N–H and O–H groups in total. The summed E-state index contributed by atoms with van der Waals surface area (Å²) in [6.07, 6.45) is -0.583. The van der Waals surface area contributed by atoms with Crippen molar-refractivity contribution in [3.63, 3.8) is 0 Å². The molecule has 7 atom stereocenters. The van der Waals surface area contributed by atoms with Crippen molar-refractivity contribution in [1.29, 1.82) is 0 Å². The van der Waals surface area contributed by atoms with Gasteiger partial charge in [0.05, 0.1) is 41.7 Å². The first-order valence-electron chi connectivity index (χ1n) is 11.6. The summed E-state index contributed by atoms with van der Waals surface area (Å²) in [5.41, 5.74) is 9.38. The van der Waals surface area contributed by atoms with Crippen molar-refractivity contribution in [2.75, 3.05) is 6.54 Å². The SMILES string of the molecule is CC(O)C1C(=O)N2C(C(=O)OCc3ccc([N+](=O)[O-])cc3)=C(S[C@@H]3C[C@H](C)O[C@@H]3CN=[N+]=[N-])C(C)C12. The maximum atomic E-state index is 13.3. The Kier molecular flexibility index (Phi) is 7.55. The summed E-state index contributed by atoms with van der Waals surface area (Å²) in [4.78, 5) is 41.5. The van der Waals surface area contributed by atoms with E-state index in [2.05, 4.69) is 10.0 Å². The van der Waals surface area contributed by atoms with Gasteiger partial charge in [0, 0.05) is 33.1 Å². The highest BCUT2D eigenvalue weighted by molar-refractivity contribution is 8.03. The van der Waals surface area contributed by atoms with E-state index >= 15 is 0 Å². The number of nitrogens with zero attached hydrogens (tertiary/aromatic N) is 5. The molecule has 192 valence electrons. The number of carbonyl (C=O) groups excluding carboxylic acids is 2. The molecule has 1 aromatic rings. The molecule has 1 aromatic carbocycles. The molecule has 4 unspecified atom stereocenters. The third kappa shape index (κ3) is 4.79. The van der Waals surface area contributed by atoms with Gasteiger partial charge in [0.2, 0.25) is 5.91 Å². The summed E-state index contributed by atoms with van der Waals surface area (Å²) >= 11 is 1.43. The van der Waals surface area contributed by atoms with Gasteiger partial charge in [0.1, 0.15) is 12.3 Å². The van der Waals surface area contributed by atoms with Crippen LogP contribution in [0.5, 0.6) is 0 Å². The molecule has 36 heavy (non-hydrogen) atoms. The number of ether oxygens (including phenoxy) is 2. The Labute approximate surface area is 211 Å². The molecule has 3 aliphatic heterocycles. The summed E-state index contributed by atoms with van der Waals surface area (Å²) in [7, 11) is 0. The van der Waals surface area contributed by atoms with E-state index in [0.717, 1.165) is 0 Å². The molecule has 3 heterocycles. The summed E-state index contributed by atoms with van der Waals surface area (Å²) < 4.78 is 11.4. The van der Waals surface area contributed by atoms with Crippen molar-refractivity contribution >= 4 is 29.3 Å². The van der Waals surface area contributed by atoms with Crippen molar-refractivity contribution in [2.24, 2.45) is 17.0 Å². The normalized spacial score (nSPS) is 29.9. The Hall–Kier alpha value is -3.12. The lowest BCUT2D eigenvalue weighted by Gasteiger charge is -2.46. The molecule has 2 saturated heterocycles. The minimum absolute atomic E-state index is 0.0555. The zero-order chi connectivity index (χ0) is 26.1. The second-order valence-electron chi connectivity index (χ2n) is 9.26. The Bertz CT molecular complexity index is 1130. The lowest BCUT2D eigenvalue weighted by molar-refractivity contribution is -0.384. The number of nitro groups is 1. The predicted molar refractivity (Wildman–Crippen MR) is 129 cm³/mol. The molecular weight excluding hydrogens is 490 g/mol. The number of fused-ring (bicyclic) bond motifs is 1. The number of carbonyl (C=O) groups is 2. The van der Waals surface area contributed by atoms with Gasteiger partial charge in [0.15, 0.2) is 0 Å². The largest absolute Gasteiger partial charge is 0.456 e. The van der Waals surface area contributed by atoms with E-state index in [9.17, 15) is 24.8 Å². The summed E-state index contributed by atoms with van der Waals surface area (Å²) in [5, 5.41) is 24.6. The molecule has 0 radical (unpaired) electrons. The van der Waals surface area contributed by atoms with Gasteiger partial charge in [0.25, 0.3) is 5.69 Å². The fourth-order valence-corrected chi connectivity index (χ4v) is 6.73. The highest BCUT2D eigenvalue weighted by atomic mass is 32.2. The van der Waals surface area contributed by atoms with Crippen LogP contribution < -0.4 is 0 Å². The molecule has 0 saturated carbocycles. The van der Waals surface area contributed by atoms with Crippen LogP contribution in [-0.2, 0) is 25.7 Å². The van der Waals surface area contributed by atoms with E-state index in [1.54, 1.807) is 6.92 Å². The number of amides is 1. The summed E-state index contributed by atoms with van der Waals surface area (Å²) in [5.74, 6) is -1.85. The highest BCUT2D eigenvalue weighted by Gasteiger charge is 2.60. The number of non-ortho nitro benzene ring substituents is 1. The minimum Gasteiger partial charge on any atom is -0.456 e. The molecule has 4 rings (SSSR count). The van der Waals surface area contributed by atoms with Crippen LogP contribution in [0, 0.1) is 22.0 Å². The molecule has 2 fully saturated rings. The van der Waals surface area contributed by atoms with E-state index < -0.39 is 22.9 Å². The molecular formula is C23H27N5O7S. The fourth-order valence-electron chi connectivity index (χ4n) is 5.09. The second-order valence-corrected chi connectivity index (χ2v) is 10.5. The number of hydrogen-bond donors (Lipinski definition) is 1. The van der Waals surface area contributed by atoms with Gasteiger partial charge >= 0.3 is 5.97 Å². The van der Waals surface area contributed by atoms with Crippen molar-refractivity contribution < 1.29 is 29.1 Å². The lowest BCUT2D eigenvalue weighted by atomic mass is 9.79. The van der Waals surface area contributed by atoms with E-state index in [1.165, 1.54) is 40.9 Å². The molecule has 0 aromatic heterocycles. The molecule has 1 amide bonds. The number of nitro benzene ring substituents is 1. The van der Waals surface area contributed by atoms with Crippen LogP contribution in [0.4, 0.5) is 5.69 Å². The zero-order valence-corrected chi connectivity index (χ0v) is 20.8. The number of aliphatic hydroxyl groups excluding tert-OH is 1. The maximum Gasteiger partial charge on any atom is 0.356 e. The van der Waals surface area contributed by atoms with Crippen LogP contribution >= 0.6 is 11.8 Å². The Morgan fingerprint density at radius 2 is 2.11 bits per heavy atom. The molecule has 0 aliphatic carbocycles. The topological polar surface area (TPSA) is 168 Å². The minimum atomic E-state index is -0.865. The third-order valence-electron chi connectivity index (χ3n) is 6.81. The number of rotatable bonds is 9. The monoisotopic (exact) mass is 517 g/mol. The van der Waals surface area contributed by atoms with Gasteiger partial charge in [-0.25, -0.2) is 4.79 Å². The van der Waals surface area contributed by atoms with Gasteiger partial charge in [-0.2, -0.15) is 0 Å². The number of hydrogen-bond acceptors (Lipinski definition) is 9. The number of aliphatic hydroxyl groups is 1.